The molecule has 0 saturated heterocycles. The summed E-state index contributed by atoms with van der Waals surface area (Å²) in [5.74, 6) is -0.236. The maximum Gasteiger partial charge on any atom is 0.252 e. The molecule has 1 unspecified atom stereocenters. The molecule has 0 spiro atoms. The van der Waals surface area contributed by atoms with Gasteiger partial charge in [0.25, 0.3) is 5.91 Å². The number of benzene rings is 1. The largest absolute Gasteiger partial charge is 0.351 e. The first-order chi connectivity index (χ1) is 11.4. The Morgan fingerprint density at radius 2 is 2.04 bits per heavy atom. The minimum absolute atomic E-state index is 0.0702. The van der Waals surface area contributed by atoms with Gasteiger partial charge in [0.05, 0.1) is 6.04 Å². The second kappa shape index (κ2) is 8.51. The van der Waals surface area contributed by atoms with Crippen LogP contribution in [0.25, 0.3) is 0 Å². The Labute approximate surface area is 155 Å². The number of halogens is 2. The van der Waals surface area contributed by atoms with E-state index in [9.17, 15) is 9.59 Å². The van der Waals surface area contributed by atoms with Gasteiger partial charge in [0.1, 0.15) is 0 Å². The van der Waals surface area contributed by atoms with E-state index in [0.717, 1.165) is 5.56 Å². The number of carbonyl (C=O) groups excluding carboxylic acids is 2. The fraction of sp³-hybridized carbons (Fsp3) is 0.294. The maximum absolute atomic E-state index is 12.3. The van der Waals surface area contributed by atoms with Gasteiger partial charge in [-0.2, -0.15) is 11.3 Å². The Bertz CT molecular complexity index is 719. The molecule has 1 heterocycles. The highest BCUT2D eigenvalue weighted by molar-refractivity contribution is 7.08. The highest BCUT2D eigenvalue weighted by Crippen LogP contribution is 2.29. The van der Waals surface area contributed by atoms with E-state index in [4.69, 9.17) is 23.2 Å². The highest BCUT2D eigenvalue weighted by Gasteiger charge is 2.19. The van der Waals surface area contributed by atoms with E-state index in [1.807, 2.05) is 18.4 Å². The van der Waals surface area contributed by atoms with E-state index in [1.54, 1.807) is 35.5 Å². The lowest BCUT2D eigenvalue weighted by Gasteiger charge is -2.26. The first-order valence-electron chi connectivity index (χ1n) is 7.41. The first kappa shape index (κ1) is 18.8. The smallest absolute Gasteiger partial charge is 0.252 e. The number of nitrogens with zero attached hydrogens (tertiary/aromatic N) is 1. The third-order valence-corrected chi connectivity index (χ3v) is 5.04. The van der Waals surface area contributed by atoms with E-state index < -0.39 is 0 Å². The Morgan fingerprint density at radius 1 is 1.29 bits per heavy atom. The Kier molecular flexibility index (Phi) is 6.66. The van der Waals surface area contributed by atoms with E-state index in [2.05, 4.69) is 5.32 Å². The van der Waals surface area contributed by atoms with Crippen LogP contribution < -0.4 is 5.32 Å². The third kappa shape index (κ3) is 4.72. The van der Waals surface area contributed by atoms with Gasteiger partial charge in [-0.05, 0) is 36.1 Å². The summed E-state index contributed by atoms with van der Waals surface area (Å²) in [6.45, 7) is 2.19. The Morgan fingerprint density at radius 3 is 2.67 bits per heavy atom. The lowest BCUT2D eigenvalue weighted by atomic mass is 10.1. The number of rotatable bonds is 6. The molecule has 128 valence electrons. The first-order valence-corrected chi connectivity index (χ1v) is 9.11. The SMILES string of the molecule is CC(c1ccc(Cl)cc1Cl)N(C)C(=O)CCNC(=O)c1ccsc1. The number of thiophene rings is 1. The monoisotopic (exact) mass is 384 g/mol. The molecule has 7 heteroatoms. The number of carbonyl (C=O) groups is 2. The van der Waals surface area contributed by atoms with Crippen LogP contribution in [0.5, 0.6) is 0 Å². The minimum Gasteiger partial charge on any atom is -0.351 e. The number of nitrogens with one attached hydrogen (secondary N) is 1. The minimum atomic E-state index is -0.185. The van der Waals surface area contributed by atoms with E-state index in [-0.39, 0.29) is 24.3 Å². The normalized spacial score (nSPS) is 11.8. The highest BCUT2D eigenvalue weighted by atomic mass is 35.5. The van der Waals surface area contributed by atoms with E-state index >= 15 is 0 Å². The molecule has 0 aliphatic rings. The molecule has 1 aromatic carbocycles. The van der Waals surface area contributed by atoms with Crippen molar-refractivity contribution in [2.24, 2.45) is 0 Å². The van der Waals surface area contributed by atoms with Gasteiger partial charge in [-0.25, -0.2) is 0 Å². The molecule has 1 N–H and O–H groups in total. The van der Waals surface area contributed by atoms with Crippen LogP contribution in [0.15, 0.2) is 35.0 Å². The molecule has 2 aromatic rings. The molecule has 1 atom stereocenters. The standard InChI is InChI=1S/C17H18Cl2N2O2S/c1-11(14-4-3-13(18)9-15(14)19)21(2)16(22)5-7-20-17(23)12-6-8-24-10-12/h3-4,6,8-11H,5,7H2,1-2H3,(H,20,23). The fourth-order valence-electron chi connectivity index (χ4n) is 2.22. The van der Waals surface area contributed by atoms with Crippen molar-refractivity contribution in [3.63, 3.8) is 0 Å². The van der Waals surface area contributed by atoms with Crippen molar-refractivity contribution in [3.8, 4) is 0 Å². The van der Waals surface area contributed by atoms with Gasteiger partial charge in [0, 0.05) is 41.0 Å². The topological polar surface area (TPSA) is 49.4 Å². The van der Waals surface area contributed by atoms with Gasteiger partial charge in [0.2, 0.25) is 5.91 Å². The Balaban J connectivity index is 1.88. The van der Waals surface area contributed by atoms with Crippen LogP contribution in [0.1, 0.15) is 35.3 Å². The summed E-state index contributed by atoms with van der Waals surface area (Å²) in [5.41, 5.74) is 1.45. The fourth-order valence-corrected chi connectivity index (χ4v) is 3.42. The molecule has 2 amide bonds. The molecule has 0 bridgehead atoms. The lowest BCUT2D eigenvalue weighted by Crippen LogP contribution is -2.33. The van der Waals surface area contributed by atoms with Crippen molar-refractivity contribution in [3.05, 3.63) is 56.2 Å². The molecule has 0 fully saturated rings. The van der Waals surface area contributed by atoms with Gasteiger partial charge in [-0.3, -0.25) is 9.59 Å². The van der Waals surface area contributed by atoms with Crippen LogP contribution in [-0.4, -0.2) is 30.3 Å². The zero-order valence-electron chi connectivity index (χ0n) is 13.4. The van der Waals surface area contributed by atoms with Gasteiger partial charge in [-0.15, -0.1) is 0 Å². The van der Waals surface area contributed by atoms with Crippen LogP contribution in [0.4, 0.5) is 0 Å². The molecule has 1 aromatic heterocycles. The van der Waals surface area contributed by atoms with Crippen molar-refractivity contribution < 1.29 is 9.59 Å². The molecule has 0 aliphatic carbocycles. The summed E-state index contributed by atoms with van der Waals surface area (Å²) in [7, 11) is 1.72. The summed E-state index contributed by atoms with van der Waals surface area (Å²) in [6, 6.07) is 6.79. The quantitative estimate of drug-likeness (QED) is 0.802. The molecular weight excluding hydrogens is 367 g/mol. The molecule has 4 nitrogen and oxygen atoms in total. The van der Waals surface area contributed by atoms with Crippen molar-refractivity contribution in [2.75, 3.05) is 13.6 Å². The van der Waals surface area contributed by atoms with Crippen molar-refractivity contribution in [2.45, 2.75) is 19.4 Å². The van der Waals surface area contributed by atoms with Crippen molar-refractivity contribution in [1.29, 1.82) is 0 Å². The number of hydrogen-bond donors (Lipinski definition) is 1. The molecule has 0 radical (unpaired) electrons. The summed E-state index contributed by atoms with van der Waals surface area (Å²) in [4.78, 5) is 25.8. The Hall–Kier alpha value is -1.56. The summed E-state index contributed by atoms with van der Waals surface area (Å²) >= 11 is 13.6. The van der Waals surface area contributed by atoms with Gasteiger partial charge in [-0.1, -0.05) is 29.3 Å². The maximum atomic E-state index is 12.3. The molecule has 0 saturated carbocycles. The van der Waals surface area contributed by atoms with Gasteiger partial charge < -0.3 is 10.2 Å². The number of hydrogen-bond acceptors (Lipinski definition) is 3. The van der Waals surface area contributed by atoms with Crippen molar-refractivity contribution >= 4 is 46.4 Å². The molecule has 0 aliphatic heterocycles. The zero-order valence-corrected chi connectivity index (χ0v) is 15.7. The van der Waals surface area contributed by atoms with Crippen LogP contribution in [0.3, 0.4) is 0 Å². The average Bonchev–Trinajstić information content (AvgIpc) is 3.08. The van der Waals surface area contributed by atoms with Gasteiger partial charge in [0.15, 0.2) is 0 Å². The lowest BCUT2D eigenvalue weighted by molar-refractivity contribution is -0.131. The summed E-state index contributed by atoms with van der Waals surface area (Å²) < 4.78 is 0. The second-order valence-electron chi connectivity index (χ2n) is 5.36. The zero-order chi connectivity index (χ0) is 17.7. The predicted molar refractivity (Wildman–Crippen MR) is 98.9 cm³/mol. The molecule has 24 heavy (non-hydrogen) atoms. The van der Waals surface area contributed by atoms with Crippen LogP contribution in [0, 0.1) is 0 Å². The van der Waals surface area contributed by atoms with Crippen LogP contribution in [-0.2, 0) is 4.79 Å². The number of amides is 2. The molecular formula is C17H18Cl2N2O2S. The van der Waals surface area contributed by atoms with E-state index in [0.29, 0.717) is 22.2 Å². The summed E-state index contributed by atoms with van der Waals surface area (Å²) in [6.07, 6.45) is 0.224. The van der Waals surface area contributed by atoms with Crippen molar-refractivity contribution in [1.82, 2.24) is 10.2 Å². The van der Waals surface area contributed by atoms with Crippen LogP contribution >= 0.6 is 34.5 Å². The van der Waals surface area contributed by atoms with Gasteiger partial charge >= 0.3 is 0 Å². The predicted octanol–water partition coefficient (Wildman–Crippen LogP) is 4.39. The second-order valence-corrected chi connectivity index (χ2v) is 6.99. The van der Waals surface area contributed by atoms with Crippen LogP contribution in [0.2, 0.25) is 10.0 Å². The molecule has 2 rings (SSSR count). The third-order valence-electron chi connectivity index (χ3n) is 3.79. The van der Waals surface area contributed by atoms with E-state index in [1.165, 1.54) is 11.3 Å². The average molecular weight is 385 g/mol. The summed E-state index contributed by atoms with van der Waals surface area (Å²) in [5, 5.41) is 7.44.